The van der Waals surface area contributed by atoms with Gasteiger partial charge >= 0.3 is 0 Å². The van der Waals surface area contributed by atoms with Crippen molar-refractivity contribution in [3.8, 4) is 10.6 Å². The topological polar surface area (TPSA) is 24.9 Å². The fourth-order valence-corrected chi connectivity index (χ4v) is 3.89. The fraction of sp³-hybridized carbons (Fsp3) is 0.438. The molecule has 0 amide bonds. The number of aryl methyl sites for hydroxylation is 1. The van der Waals surface area contributed by atoms with Gasteiger partial charge in [0, 0.05) is 16.5 Å². The van der Waals surface area contributed by atoms with E-state index in [9.17, 15) is 8.78 Å². The van der Waals surface area contributed by atoms with Gasteiger partial charge in [-0.2, -0.15) is 0 Å². The van der Waals surface area contributed by atoms with E-state index >= 15 is 0 Å². The van der Waals surface area contributed by atoms with E-state index in [2.05, 4.69) is 17.2 Å². The summed E-state index contributed by atoms with van der Waals surface area (Å²) in [5.41, 5.74) is 1.60. The number of nitrogens with zero attached hydrogens (tertiary/aromatic N) is 1. The molecular formula is C16H18F2N2S. The van der Waals surface area contributed by atoms with Crippen molar-refractivity contribution in [3.05, 3.63) is 40.4 Å². The van der Waals surface area contributed by atoms with Gasteiger partial charge in [-0.3, -0.25) is 0 Å². The number of rotatable bonds is 4. The van der Waals surface area contributed by atoms with Gasteiger partial charge in [-0.25, -0.2) is 13.8 Å². The van der Waals surface area contributed by atoms with E-state index in [1.165, 1.54) is 17.0 Å². The molecule has 1 aliphatic carbocycles. The van der Waals surface area contributed by atoms with Crippen LogP contribution in [0.5, 0.6) is 0 Å². The van der Waals surface area contributed by atoms with Gasteiger partial charge in [-0.05, 0) is 44.4 Å². The van der Waals surface area contributed by atoms with E-state index < -0.39 is 11.6 Å². The summed E-state index contributed by atoms with van der Waals surface area (Å²) < 4.78 is 26.7. The first-order chi connectivity index (χ1) is 10.2. The molecule has 3 rings (SSSR count). The minimum Gasteiger partial charge on any atom is -0.309 e. The fourth-order valence-electron chi connectivity index (χ4n) is 2.74. The van der Waals surface area contributed by atoms with Crippen LogP contribution in [0, 0.1) is 11.6 Å². The molecule has 5 heteroatoms. The molecule has 2 nitrogen and oxygen atoms in total. The first-order valence-corrected chi connectivity index (χ1v) is 8.18. The summed E-state index contributed by atoms with van der Waals surface area (Å²) >= 11 is 1.56. The van der Waals surface area contributed by atoms with Gasteiger partial charge in [0.15, 0.2) is 0 Å². The highest BCUT2D eigenvalue weighted by Crippen LogP contribution is 2.37. The molecule has 0 aliphatic heterocycles. The third-order valence-corrected chi connectivity index (χ3v) is 4.88. The van der Waals surface area contributed by atoms with Crippen molar-refractivity contribution < 1.29 is 8.78 Å². The number of thiazole rings is 1. The molecule has 1 unspecified atom stereocenters. The van der Waals surface area contributed by atoms with Crippen LogP contribution in [0.4, 0.5) is 8.78 Å². The van der Waals surface area contributed by atoms with Crippen molar-refractivity contribution in [2.24, 2.45) is 0 Å². The zero-order chi connectivity index (χ0) is 14.8. The molecule has 0 saturated carbocycles. The van der Waals surface area contributed by atoms with Gasteiger partial charge in [-0.15, -0.1) is 11.3 Å². The summed E-state index contributed by atoms with van der Waals surface area (Å²) in [6.45, 7) is 3.10. The number of benzene rings is 1. The average Bonchev–Trinajstić information content (AvgIpc) is 2.88. The highest BCUT2D eigenvalue weighted by Gasteiger charge is 2.24. The van der Waals surface area contributed by atoms with Crippen LogP contribution in [0.15, 0.2) is 18.2 Å². The molecule has 1 aromatic carbocycles. The largest absolute Gasteiger partial charge is 0.309 e. The molecule has 1 aromatic heterocycles. The number of nitrogens with one attached hydrogen (secondary N) is 1. The van der Waals surface area contributed by atoms with Gasteiger partial charge in [0.2, 0.25) is 0 Å². The third kappa shape index (κ3) is 3.14. The van der Waals surface area contributed by atoms with Crippen molar-refractivity contribution in [1.29, 1.82) is 0 Å². The zero-order valence-electron chi connectivity index (χ0n) is 12.0. The van der Waals surface area contributed by atoms with Gasteiger partial charge in [0.25, 0.3) is 0 Å². The second-order valence-corrected chi connectivity index (χ2v) is 6.47. The molecule has 0 radical (unpaired) electrons. The van der Waals surface area contributed by atoms with Crippen LogP contribution in [0.25, 0.3) is 10.6 Å². The van der Waals surface area contributed by atoms with Gasteiger partial charge in [-0.1, -0.05) is 6.92 Å². The Hall–Kier alpha value is -1.33. The molecule has 21 heavy (non-hydrogen) atoms. The molecule has 1 N–H and O–H groups in total. The molecule has 0 bridgehead atoms. The Kier molecular flexibility index (Phi) is 4.31. The smallest absolute Gasteiger partial charge is 0.126 e. The first kappa shape index (κ1) is 14.6. The number of aromatic nitrogens is 1. The number of fused-ring (bicyclic) bond motifs is 1. The molecule has 0 spiro atoms. The predicted octanol–water partition coefficient (Wildman–Crippen LogP) is 4.47. The highest BCUT2D eigenvalue weighted by atomic mass is 32.1. The van der Waals surface area contributed by atoms with Crippen molar-refractivity contribution in [3.63, 3.8) is 0 Å². The predicted molar refractivity (Wildman–Crippen MR) is 81.4 cm³/mol. The minimum absolute atomic E-state index is 0.275. The van der Waals surface area contributed by atoms with Gasteiger partial charge in [0.05, 0.1) is 11.7 Å². The summed E-state index contributed by atoms with van der Waals surface area (Å²) in [7, 11) is 0. The minimum atomic E-state index is -0.557. The first-order valence-electron chi connectivity index (χ1n) is 7.37. The number of hydrogen-bond donors (Lipinski definition) is 1. The monoisotopic (exact) mass is 308 g/mol. The molecular weight excluding hydrogens is 290 g/mol. The number of hydrogen-bond acceptors (Lipinski definition) is 3. The van der Waals surface area contributed by atoms with E-state index in [0.29, 0.717) is 10.6 Å². The molecule has 1 atom stereocenters. The summed E-state index contributed by atoms with van der Waals surface area (Å²) in [5.74, 6) is -1.11. The molecule has 112 valence electrons. The standard InChI is InChI=1S/C16H18F2N2S/c1-2-6-19-13-4-3-5-14-15(13)20-16(21-14)10-7-11(17)9-12(18)8-10/h7-9,13,19H,2-6H2,1H3. The van der Waals surface area contributed by atoms with Crippen molar-refractivity contribution in [1.82, 2.24) is 10.3 Å². The summed E-state index contributed by atoms with van der Waals surface area (Å²) in [5, 5.41) is 4.22. The quantitative estimate of drug-likeness (QED) is 0.901. The second-order valence-electron chi connectivity index (χ2n) is 5.38. The zero-order valence-corrected chi connectivity index (χ0v) is 12.8. The lowest BCUT2D eigenvalue weighted by atomic mass is 9.97. The third-order valence-electron chi connectivity index (χ3n) is 3.70. The Morgan fingerprint density at radius 1 is 1.29 bits per heavy atom. The maximum Gasteiger partial charge on any atom is 0.126 e. The summed E-state index contributed by atoms with van der Waals surface area (Å²) in [6, 6.07) is 3.86. The highest BCUT2D eigenvalue weighted by molar-refractivity contribution is 7.15. The lowest BCUT2D eigenvalue weighted by Crippen LogP contribution is -2.25. The van der Waals surface area contributed by atoms with E-state index in [-0.39, 0.29) is 6.04 Å². The van der Waals surface area contributed by atoms with Crippen LogP contribution in [-0.4, -0.2) is 11.5 Å². The molecule has 1 heterocycles. The van der Waals surface area contributed by atoms with Gasteiger partial charge < -0.3 is 5.32 Å². The Bertz CT molecular complexity index is 619. The summed E-state index contributed by atoms with van der Waals surface area (Å²) in [6.07, 6.45) is 4.30. The van der Waals surface area contributed by atoms with Crippen LogP contribution in [0.1, 0.15) is 42.8 Å². The van der Waals surface area contributed by atoms with E-state index in [4.69, 9.17) is 0 Å². The molecule has 0 saturated heterocycles. The van der Waals surface area contributed by atoms with Crippen LogP contribution in [-0.2, 0) is 6.42 Å². The SMILES string of the molecule is CCCNC1CCCc2sc(-c3cc(F)cc(F)c3)nc21. The van der Waals surface area contributed by atoms with Crippen molar-refractivity contribution in [2.45, 2.75) is 38.6 Å². The Labute approximate surface area is 127 Å². The van der Waals surface area contributed by atoms with Crippen LogP contribution in [0.3, 0.4) is 0 Å². The molecule has 0 fully saturated rings. The average molecular weight is 308 g/mol. The van der Waals surface area contributed by atoms with Crippen LogP contribution >= 0.6 is 11.3 Å². The second kappa shape index (κ2) is 6.20. The van der Waals surface area contributed by atoms with E-state index in [1.807, 2.05) is 0 Å². The lowest BCUT2D eigenvalue weighted by molar-refractivity contribution is 0.454. The Morgan fingerprint density at radius 2 is 2.05 bits per heavy atom. The van der Waals surface area contributed by atoms with Crippen molar-refractivity contribution >= 4 is 11.3 Å². The maximum absolute atomic E-state index is 13.4. The molecule has 2 aromatic rings. The van der Waals surface area contributed by atoms with E-state index in [0.717, 1.165) is 44.0 Å². The normalized spacial score (nSPS) is 17.8. The van der Waals surface area contributed by atoms with Crippen LogP contribution < -0.4 is 5.32 Å². The Morgan fingerprint density at radius 3 is 2.76 bits per heavy atom. The van der Waals surface area contributed by atoms with Crippen molar-refractivity contribution in [2.75, 3.05) is 6.54 Å². The van der Waals surface area contributed by atoms with E-state index in [1.54, 1.807) is 11.3 Å². The van der Waals surface area contributed by atoms with Crippen LogP contribution in [0.2, 0.25) is 0 Å². The number of halogens is 2. The molecule has 1 aliphatic rings. The Balaban J connectivity index is 1.93. The lowest BCUT2D eigenvalue weighted by Gasteiger charge is -2.22. The van der Waals surface area contributed by atoms with Gasteiger partial charge in [0.1, 0.15) is 16.6 Å². The maximum atomic E-state index is 13.4. The summed E-state index contributed by atoms with van der Waals surface area (Å²) in [4.78, 5) is 5.91.